The summed E-state index contributed by atoms with van der Waals surface area (Å²) in [5.74, 6) is -1.10. The van der Waals surface area contributed by atoms with Crippen LogP contribution in [0.5, 0.6) is 0 Å². The van der Waals surface area contributed by atoms with E-state index in [9.17, 15) is 9.59 Å². The van der Waals surface area contributed by atoms with Crippen LogP contribution in [-0.4, -0.2) is 59.0 Å². The summed E-state index contributed by atoms with van der Waals surface area (Å²) < 4.78 is 0. The first-order chi connectivity index (χ1) is 9.49. The molecule has 5 nitrogen and oxygen atoms in total. The molecule has 2 atom stereocenters. The molecule has 1 fully saturated rings. The van der Waals surface area contributed by atoms with Gasteiger partial charge in [0.25, 0.3) is 0 Å². The molecule has 0 spiro atoms. The number of carboxylic acids is 1. The second-order valence-corrected chi connectivity index (χ2v) is 5.71. The van der Waals surface area contributed by atoms with Gasteiger partial charge in [0.05, 0.1) is 12.5 Å². The lowest BCUT2D eigenvalue weighted by Crippen LogP contribution is -2.48. The second kappa shape index (κ2) is 8.25. The highest BCUT2D eigenvalue weighted by molar-refractivity contribution is 5.79. The Kier molecular flexibility index (Phi) is 6.99. The van der Waals surface area contributed by atoms with Crippen LogP contribution in [-0.2, 0) is 9.59 Å². The standard InChI is InChI=1S/C15H28N2O3/c1-4-13-8-6-7-9-17(13)14(18)11-16(5-2)10-12(3)15(19)20/h12-13H,4-11H2,1-3H3,(H,19,20). The fourth-order valence-corrected chi connectivity index (χ4v) is 2.81. The van der Waals surface area contributed by atoms with Gasteiger partial charge in [-0.05, 0) is 32.2 Å². The predicted molar refractivity (Wildman–Crippen MR) is 78.6 cm³/mol. The molecule has 1 saturated heterocycles. The average Bonchev–Trinajstić information content (AvgIpc) is 2.45. The van der Waals surface area contributed by atoms with Crippen molar-refractivity contribution in [2.24, 2.45) is 5.92 Å². The maximum Gasteiger partial charge on any atom is 0.307 e. The molecular formula is C15H28N2O3. The fraction of sp³-hybridized carbons (Fsp3) is 0.867. The number of likely N-dealkylation sites (tertiary alicyclic amines) is 1. The van der Waals surface area contributed by atoms with E-state index in [1.807, 2.05) is 16.7 Å². The number of piperidine rings is 1. The molecule has 1 aliphatic rings. The fourth-order valence-electron chi connectivity index (χ4n) is 2.81. The molecule has 0 bridgehead atoms. The monoisotopic (exact) mass is 284 g/mol. The number of carbonyl (C=O) groups excluding carboxylic acids is 1. The summed E-state index contributed by atoms with van der Waals surface area (Å²) in [5.41, 5.74) is 0. The van der Waals surface area contributed by atoms with E-state index in [0.29, 0.717) is 25.7 Å². The highest BCUT2D eigenvalue weighted by atomic mass is 16.4. The van der Waals surface area contributed by atoms with Gasteiger partial charge in [-0.3, -0.25) is 14.5 Å². The van der Waals surface area contributed by atoms with Gasteiger partial charge in [0.15, 0.2) is 0 Å². The number of aliphatic carboxylic acids is 1. The van der Waals surface area contributed by atoms with Crippen molar-refractivity contribution >= 4 is 11.9 Å². The molecule has 0 radical (unpaired) electrons. The molecule has 2 unspecified atom stereocenters. The van der Waals surface area contributed by atoms with Gasteiger partial charge in [-0.1, -0.05) is 20.8 Å². The summed E-state index contributed by atoms with van der Waals surface area (Å²) in [5, 5.41) is 8.97. The minimum Gasteiger partial charge on any atom is -0.481 e. The van der Waals surface area contributed by atoms with Crippen molar-refractivity contribution in [2.45, 2.75) is 52.5 Å². The van der Waals surface area contributed by atoms with Crippen LogP contribution in [0.15, 0.2) is 0 Å². The van der Waals surface area contributed by atoms with Gasteiger partial charge >= 0.3 is 5.97 Å². The Hall–Kier alpha value is -1.10. The number of hydrogen-bond donors (Lipinski definition) is 1. The van der Waals surface area contributed by atoms with E-state index in [-0.39, 0.29) is 5.91 Å². The molecular weight excluding hydrogens is 256 g/mol. The van der Waals surface area contributed by atoms with Crippen molar-refractivity contribution in [3.63, 3.8) is 0 Å². The third-order valence-corrected chi connectivity index (χ3v) is 4.18. The largest absolute Gasteiger partial charge is 0.481 e. The number of carbonyl (C=O) groups is 2. The van der Waals surface area contributed by atoms with Crippen LogP contribution in [0.4, 0.5) is 0 Å². The molecule has 0 aromatic rings. The van der Waals surface area contributed by atoms with Gasteiger partial charge in [-0.15, -0.1) is 0 Å². The minimum atomic E-state index is -0.805. The van der Waals surface area contributed by atoms with E-state index in [4.69, 9.17) is 5.11 Å². The van der Waals surface area contributed by atoms with Crippen LogP contribution >= 0.6 is 0 Å². The molecule has 0 aliphatic carbocycles. The smallest absolute Gasteiger partial charge is 0.307 e. The summed E-state index contributed by atoms with van der Waals surface area (Å²) in [6.07, 6.45) is 4.39. The number of likely N-dealkylation sites (N-methyl/N-ethyl adjacent to an activating group) is 1. The van der Waals surface area contributed by atoms with Gasteiger partial charge in [0.2, 0.25) is 5.91 Å². The first-order valence-corrected chi connectivity index (χ1v) is 7.74. The summed E-state index contributed by atoms with van der Waals surface area (Å²) in [7, 11) is 0. The molecule has 0 saturated carbocycles. The third-order valence-electron chi connectivity index (χ3n) is 4.18. The van der Waals surface area contributed by atoms with E-state index in [0.717, 1.165) is 25.8 Å². The van der Waals surface area contributed by atoms with Crippen LogP contribution in [0, 0.1) is 5.92 Å². The average molecular weight is 284 g/mol. The molecule has 1 heterocycles. The lowest BCUT2D eigenvalue weighted by atomic mass is 10.00. The topological polar surface area (TPSA) is 60.9 Å². The van der Waals surface area contributed by atoms with Crippen molar-refractivity contribution in [1.82, 2.24) is 9.80 Å². The molecule has 1 rings (SSSR count). The Morgan fingerprint density at radius 3 is 2.60 bits per heavy atom. The van der Waals surface area contributed by atoms with Gasteiger partial charge in [0.1, 0.15) is 0 Å². The lowest BCUT2D eigenvalue weighted by Gasteiger charge is -2.36. The number of hydrogen-bond acceptors (Lipinski definition) is 3. The van der Waals surface area contributed by atoms with Crippen LogP contribution in [0.3, 0.4) is 0 Å². The van der Waals surface area contributed by atoms with E-state index < -0.39 is 11.9 Å². The molecule has 1 aliphatic heterocycles. The molecule has 1 N–H and O–H groups in total. The molecule has 0 aromatic carbocycles. The van der Waals surface area contributed by atoms with Gasteiger partial charge in [0, 0.05) is 19.1 Å². The van der Waals surface area contributed by atoms with Gasteiger partial charge in [-0.25, -0.2) is 0 Å². The van der Waals surface area contributed by atoms with Gasteiger partial charge < -0.3 is 10.0 Å². The Morgan fingerprint density at radius 1 is 1.35 bits per heavy atom. The first kappa shape index (κ1) is 17.0. The number of rotatable bonds is 7. The second-order valence-electron chi connectivity index (χ2n) is 5.71. The van der Waals surface area contributed by atoms with Crippen LogP contribution in [0.25, 0.3) is 0 Å². The Balaban J connectivity index is 2.55. The van der Waals surface area contributed by atoms with Crippen molar-refractivity contribution < 1.29 is 14.7 Å². The maximum atomic E-state index is 12.4. The zero-order valence-electron chi connectivity index (χ0n) is 13.0. The third kappa shape index (κ3) is 4.78. The van der Waals surface area contributed by atoms with Crippen LogP contribution in [0.1, 0.15) is 46.5 Å². The Bertz CT molecular complexity index is 333. The number of amides is 1. The summed E-state index contributed by atoms with van der Waals surface area (Å²) in [6.45, 7) is 8.10. The van der Waals surface area contributed by atoms with E-state index in [1.165, 1.54) is 6.42 Å². The summed E-state index contributed by atoms with van der Waals surface area (Å²) in [6, 6.07) is 0.367. The highest BCUT2D eigenvalue weighted by Gasteiger charge is 2.26. The number of carboxylic acid groups (broad SMARTS) is 1. The quantitative estimate of drug-likeness (QED) is 0.774. The van der Waals surface area contributed by atoms with Crippen molar-refractivity contribution in [2.75, 3.05) is 26.2 Å². The van der Waals surface area contributed by atoms with Crippen molar-refractivity contribution in [3.05, 3.63) is 0 Å². The van der Waals surface area contributed by atoms with Crippen molar-refractivity contribution in [1.29, 1.82) is 0 Å². The molecule has 20 heavy (non-hydrogen) atoms. The highest BCUT2D eigenvalue weighted by Crippen LogP contribution is 2.19. The normalized spacial score (nSPS) is 21.0. The van der Waals surface area contributed by atoms with Crippen LogP contribution in [0.2, 0.25) is 0 Å². The Morgan fingerprint density at radius 2 is 2.05 bits per heavy atom. The summed E-state index contributed by atoms with van der Waals surface area (Å²) >= 11 is 0. The molecule has 5 heteroatoms. The Labute approximate surface area is 121 Å². The van der Waals surface area contributed by atoms with Crippen molar-refractivity contribution in [3.8, 4) is 0 Å². The predicted octanol–water partition coefficient (Wildman–Crippen LogP) is 1.82. The van der Waals surface area contributed by atoms with Gasteiger partial charge in [-0.2, -0.15) is 0 Å². The zero-order valence-corrected chi connectivity index (χ0v) is 13.0. The zero-order chi connectivity index (χ0) is 15.1. The minimum absolute atomic E-state index is 0.149. The first-order valence-electron chi connectivity index (χ1n) is 7.74. The number of nitrogens with zero attached hydrogens (tertiary/aromatic N) is 2. The SMILES string of the molecule is CCC1CCCCN1C(=O)CN(CC)CC(C)C(=O)O. The van der Waals surface area contributed by atoms with E-state index >= 15 is 0 Å². The van der Waals surface area contributed by atoms with Crippen LogP contribution < -0.4 is 0 Å². The summed E-state index contributed by atoms with van der Waals surface area (Å²) in [4.78, 5) is 27.3. The maximum absolute atomic E-state index is 12.4. The molecule has 1 amide bonds. The lowest BCUT2D eigenvalue weighted by molar-refractivity contribution is -0.143. The van der Waals surface area contributed by atoms with E-state index in [2.05, 4.69) is 6.92 Å². The molecule has 116 valence electrons. The van der Waals surface area contributed by atoms with E-state index in [1.54, 1.807) is 6.92 Å². The molecule has 0 aromatic heterocycles.